The highest BCUT2D eigenvalue weighted by atomic mass is 16.2. The van der Waals surface area contributed by atoms with Crippen molar-refractivity contribution in [2.75, 3.05) is 7.11 Å². The molecule has 3 nitrogen and oxygen atoms in total. The van der Waals surface area contributed by atoms with E-state index in [1.54, 1.807) is 0 Å². The minimum Gasteiger partial charge on any atom is -0.400 e. The number of carbonyl (C=O) groups excluding carboxylic acids is 2. The molecule has 0 aliphatic heterocycles. The SMILES string of the molecule is CC(=O)C=O.CO. The van der Waals surface area contributed by atoms with Crippen LogP contribution < -0.4 is 0 Å². The highest BCUT2D eigenvalue weighted by Crippen LogP contribution is 1.48. The summed E-state index contributed by atoms with van der Waals surface area (Å²) < 4.78 is 0. The van der Waals surface area contributed by atoms with Gasteiger partial charge < -0.3 is 5.11 Å². The van der Waals surface area contributed by atoms with Gasteiger partial charge in [0.05, 0.1) is 0 Å². The Morgan fingerprint density at radius 1 is 1.57 bits per heavy atom. The molecule has 3 heteroatoms. The fourth-order valence-electron chi connectivity index (χ4n) is 0. The molecule has 0 aromatic heterocycles. The Balaban J connectivity index is 0. The highest BCUT2D eigenvalue weighted by Gasteiger charge is 1.76. The molecule has 1 N–H and O–H groups in total. The number of hydrogen-bond donors (Lipinski definition) is 1. The molecule has 0 saturated heterocycles. The zero-order valence-corrected chi connectivity index (χ0v) is 4.34. The number of carbonyl (C=O) groups is 2. The maximum absolute atomic E-state index is 9.44. The van der Waals surface area contributed by atoms with E-state index < -0.39 is 5.78 Å². The lowest BCUT2D eigenvalue weighted by Gasteiger charge is -1.57. The first-order valence-electron chi connectivity index (χ1n) is 1.68. The summed E-state index contributed by atoms with van der Waals surface area (Å²) in [6, 6.07) is 0. The first kappa shape index (κ1) is 9.57. The van der Waals surface area contributed by atoms with Gasteiger partial charge in [-0.25, -0.2) is 0 Å². The van der Waals surface area contributed by atoms with Crippen LogP contribution in [0, 0.1) is 0 Å². The second-order valence-corrected chi connectivity index (χ2v) is 0.729. The topological polar surface area (TPSA) is 54.4 Å². The Labute approximate surface area is 42.0 Å². The lowest BCUT2D eigenvalue weighted by atomic mass is 10.5. The van der Waals surface area contributed by atoms with E-state index in [0.717, 1.165) is 7.11 Å². The molecule has 0 aromatic rings. The molecule has 0 heterocycles. The Morgan fingerprint density at radius 2 is 1.71 bits per heavy atom. The summed E-state index contributed by atoms with van der Waals surface area (Å²) in [5.41, 5.74) is 0. The molecule has 0 atom stereocenters. The summed E-state index contributed by atoms with van der Waals surface area (Å²) in [5, 5.41) is 7.00. The quantitative estimate of drug-likeness (QED) is 0.356. The van der Waals surface area contributed by atoms with Crippen LogP contribution in [0.15, 0.2) is 0 Å². The summed E-state index contributed by atoms with van der Waals surface area (Å²) in [7, 11) is 1.00. The number of aliphatic hydroxyl groups is 1. The summed E-state index contributed by atoms with van der Waals surface area (Å²) in [6.07, 6.45) is 0.278. The van der Waals surface area contributed by atoms with Gasteiger partial charge in [0.1, 0.15) is 0 Å². The molecule has 0 radical (unpaired) electrons. The van der Waals surface area contributed by atoms with Crippen molar-refractivity contribution in [1.29, 1.82) is 0 Å². The first-order chi connectivity index (χ1) is 3.27. The Morgan fingerprint density at radius 3 is 1.71 bits per heavy atom. The van der Waals surface area contributed by atoms with Gasteiger partial charge in [0.2, 0.25) is 0 Å². The summed E-state index contributed by atoms with van der Waals surface area (Å²) in [6.45, 7) is 1.22. The van der Waals surface area contributed by atoms with E-state index >= 15 is 0 Å². The largest absolute Gasteiger partial charge is 0.400 e. The van der Waals surface area contributed by atoms with Crippen molar-refractivity contribution in [3.05, 3.63) is 0 Å². The van der Waals surface area contributed by atoms with Crippen LogP contribution in [-0.4, -0.2) is 24.3 Å². The molecule has 42 valence electrons. The normalized spacial score (nSPS) is 5.57. The van der Waals surface area contributed by atoms with Crippen molar-refractivity contribution in [1.82, 2.24) is 0 Å². The van der Waals surface area contributed by atoms with Crippen LogP contribution in [0.1, 0.15) is 6.92 Å². The van der Waals surface area contributed by atoms with Gasteiger partial charge in [-0.05, 0) is 0 Å². The van der Waals surface area contributed by atoms with E-state index in [1.165, 1.54) is 6.92 Å². The highest BCUT2D eigenvalue weighted by molar-refractivity contribution is 6.23. The zero-order chi connectivity index (χ0) is 6.28. The fourth-order valence-corrected chi connectivity index (χ4v) is 0. The predicted molar refractivity (Wildman–Crippen MR) is 24.9 cm³/mol. The smallest absolute Gasteiger partial charge is 0.192 e. The minimum absolute atomic E-state index is 0.278. The maximum atomic E-state index is 9.44. The third-order valence-corrected chi connectivity index (χ3v) is 0.166. The van der Waals surface area contributed by atoms with E-state index in [0.29, 0.717) is 0 Å². The molecule has 0 bridgehead atoms. The lowest BCUT2D eigenvalue weighted by Crippen LogP contribution is -1.85. The molecule has 0 aromatic carbocycles. The average Bonchev–Trinajstić information content (AvgIpc) is 1.73. The van der Waals surface area contributed by atoms with Crippen molar-refractivity contribution in [3.63, 3.8) is 0 Å². The van der Waals surface area contributed by atoms with Gasteiger partial charge in [-0.15, -0.1) is 0 Å². The van der Waals surface area contributed by atoms with Crippen molar-refractivity contribution < 1.29 is 14.7 Å². The lowest BCUT2D eigenvalue weighted by molar-refractivity contribution is -0.128. The van der Waals surface area contributed by atoms with Crippen LogP contribution in [0.25, 0.3) is 0 Å². The molecule has 0 unspecified atom stereocenters. The van der Waals surface area contributed by atoms with Gasteiger partial charge in [-0.3, -0.25) is 9.59 Å². The van der Waals surface area contributed by atoms with Crippen molar-refractivity contribution in [2.24, 2.45) is 0 Å². The molecule has 0 amide bonds. The fraction of sp³-hybridized carbons (Fsp3) is 0.500. The van der Waals surface area contributed by atoms with Crippen molar-refractivity contribution in [3.8, 4) is 0 Å². The first-order valence-corrected chi connectivity index (χ1v) is 1.68. The number of Topliss-reactive ketones (excluding diaryl/α,β-unsaturated/α-hetero) is 1. The van der Waals surface area contributed by atoms with Crippen LogP contribution in [0.3, 0.4) is 0 Å². The van der Waals surface area contributed by atoms with E-state index in [9.17, 15) is 4.79 Å². The number of rotatable bonds is 1. The third-order valence-electron chi connectivity index (χ3n) is 0.166. The van der Waals surface area contributed by atoms with Gasteiger partial charge >= 0.3 is 0 Å². The summed E-state index contributed by atoms with van der Waals surface area (Å²) in [4.78, 5) is 18.6. The van der Waals surface area contributed by atoms with Crippen molar-refractivity contribution >= 4 is 12.1 Å². The molecule has 0 spiro atoms. The van der Waals surface area contributed by atoms with Crippen LogP contribution in [0.5, 0.6) is 0 Å². The van der Waals surface area contributed by atoms with Crippen LogP contribution in [0.4, 0.5) is 0 Å². The Bertz CT molecular complexity index is 58.0. The van der Waals surface area contributed by atoms with Gasteiger partial charge in [0.15, 0.2) is 12.1 Å². The average molecular weight is 104 g/mol. The molecule has 7 heavy (non-hydrogen) atoms. The standard InChI is InChI=1S/C3H4O2.CH4O/c1-3(5)2-4;1-2/h2H,1H3;2H,1H3. The van der Waals surface area contributed by atoms with Crippen molar-refractivity contribution in [2.45, 2.75) is 6.92 Å². The predicted octanol–water partition coefficient (Wildman–Crippen LogP) is -0.617. The van der Waals surface area contributed by atoms with Crippen LogP contribution in [0.2, 0.25) is 0 Å². The molecule has 0 aliphatic carbocycles. The Kier molecular flexibility index (Phi) is 12.3. The number of aliphatic hydroxyl groups excluding tert-OH is 1. The van der Waals surface area contributed by atoms with E-state index in [4.69, 9.17) is 9.90 Å². The Hall–Kier alpha value is -0.700. The maximum Gasteiger partial charge on any atom is 0.192 e. The minimum atomic E-state index is -0.426. The summed E-state index contributed by atoms with van der Waals surface area (Å²) in [5.74, 6) is -0.426. The summed E-state index contributed by atoms with van der Waals surface area (Å²) >= 11 is 0. The van der Waals surface area contributed by atoms with Gasteiger partial charge in [-0.1, -0.05) is 0 Å². The molecular formula is C4H8O3. The van der Waals surface area contributed by atoms with Gasteiger partial charge in [0, 0.05) is 14.0 Å². The molecule has 0 aliphatic rings. The second kappa shape index (κ2) is 9.00. The van der Waals surface area contributed by atoms with Gasteiger partial charge in [0.25, 0.3) is 0 Å². The van der Waals surface area contributed by atoms with E-state index in [1.807, 2.05) is 0 Å². The van der Waals surface area contributed by atoms with E-state index in [2.05, 4.69) is 0 Å². The number of hydrogen-bond acceptors (Lipinski definition) is 3. The second-order valence-electron chi connectivity index (χ2n) is 0.729. The van der Waals surface area contributed by atoms with Gasteiger partial charge in [-0.2, -0.15) is 0 Å². The van der Waals surface area contributed by atoms with Crippen LogP contribution in [-0.2, 0) is 9.59 Å². The number of aldehydes is 1. The third kappa shape index (κ3) is 34.2. The molecule has 0 rings (SSSR count). The zero-order valence-electron chi connectivity index (χ0n) is 4.34. The molecule has 0 fully saturated rings. The molecule has 0 saturated carbocycles. The van der Waals surface area contributed by atoms with Crippen LogP contribution >= 0.6 is 0 Å². The number of ketones is 1. The van der Waals surface area contributed by atoms with E-state index in [-0.39, 0.29) is 6.29 Å². The molecular weight excluding hydrogens is 96.0 g/mol. The monoisotopic (exact) mass is 104 g/mol.